The lowest BCUT2D eigenvalue weighted by atomic mass is 10.1. The molecule has 0 bridgehead atoms. The largest absolute Gasteiger partial charge is 0.497 e. The third-order valence-corrected chi connectivity index (χ3v) is 6.19. The van der Waals surface area contributed by atoms with Crippen molar-refractivity contribution in [2.45, 2.75) is 64.6 Å². The average Bonchev–Trinajstić information content (AvgIpc) is 3.03. The first-order valence-electron chi connectivity index (χ1n) is 10.9. The number of hydrogen-bond acceptors (Lipinski definition) is 3. The van der Waals surface area contributed by atoms with E-state index in [0.29, 0.717) is 12.6 Å². The fourth-order valence-corrected chi connectivity index (χ4v) is 4.31. The second-order valence-electron chi connectivity index (χ2n) is 8.16. The van der Waals surface area contributed by atoms with Crippen molar-refractivity contribution >= 4 is 17.3 Å². The van der Waals surface area contributed by atoms with E-state index >= 15 is 0 Å². The predicted molar refractivity (Wildman–Crippen MR) is 127 cm³/mol. The Bertz CT molecular complexity index is 814. The molecule has 0 aromatic heterocycles. The molecule has 1 saturated carbocycles. The van der Waals surface area contributed by atoms with Gasteiger partial charge in [0.05, 0.1) is 14.2 Å². The van der Waals surface area contributed by atoms with Crippen molar-refractivity contribution in [2.75, 3.05) is 14.2 Å². The molecule has 1 fully saturated rings. The molecular formula is C25H34N2O2S. The molecule has 0 saturated heterocycles. The number of thiocarbonyl (C=S) groups is 1. The molecule has 5 heteroatoms. The molecule has 0 heterocycles. The van der Waals surface area contributed by atoms with Crippen molar-refractivity contribution in [1.82, 2.24) is 10.2 Å². The maximum absolute atomic E-state index is 5.91. The first-order valence-corrected chi connectivity index (χ1v) is 11.3. The molecule has 2 aromatic rings. The minimum atomic E-state index is 0.465. The summed E-state index contributed by atoms with van der Waals surface area (Å²) in [5.41, 5.74) is 3.57. The van der Waals surface area contributed by atoms with Gasteiger partial charge in [0.2, 0.25) is 0 Å². The average molecular weight is 427 g/mol. The predicted octanol–water partition coefficient (Wildman–Crippen LogP) is 5.61. The highest BCUT2D eigenvalue weighted by Gasteiger charge is 2.19. The summed E-state index contributed by atoms with van der Waals surface area (Å²) >= 11 is 5.91. The molecule has 0 spiro atoms. The fraction of sp³-hybridized carbons (Fsp3) is 0.480. The number of hydrogen-bond donors (Lipinski definition) is 1. The minimum Gasteiger partial charge on any atom is -0.497 e. The van der Waals surface area contributed by atoms with Gasteiger partial charge in [-0.05, 0) is 55.7 Å². The van der Waals surface area contributed by atoms with Crippen molar-refractivity contribution in [3.8, 4) is 11.5 Å². The first kappa shape index (κ1) is 22.4. The Morgan fingerprint density at radius 2 is 1.67 bits per heavy atom. The van der Waals surface area contributed by atoms with Crippen molar-refractivity contribution < 1.29 is 9.47 Å². The Morgan fingerprint density at radius 1 is 0.967 bits per heavy atom. The van der Waals surface area contributed by atoms with Gasteiger partial charge >= 0.3 is 0 Å². The summed E-state index contributed by atoms with van der Waals surface area (Å²) < 4.78 is 11.1. The highest BCUT2D eigenvalue weighted by atomic mass is 32.1. The van der Waals surface area contributed by atoms with Gasteiger partial charge in [0.25, 0.3) is 0 Å². The Morgan fingerprint density at radius 3 is 2.30 bits per heavy atom. The molecule has 1 N–H and O–H groups in total. The number of benzene rings is 2. The smallest absolute Gasteiger partial charge is 0.169 e. The van der Waals surface area contributed by atoms with Crippen molar-refractivity contribution in [3.63, 3.8) is 0 Å². The van der Waals surface area contributed by atoms with Gasteiger partial charge < -0.3 is 19.7 Å². The maximum Gasteiger partial charge on any atom is 0.169 e. The van der Waals surface area contributed by atoms with Crippen LogP contribution in [-0.4, -0.2) is 30.3 Å². The van der Waals surface area contributed by atoms with E-state index in [-0.39, 0.29) is 0 Å². The van der Waals surface area contributed by atoms with Gasteiger partial charge in [-0.2, -0.15) is 0 Å². The number of nitrogens with one attached hydrogen (secondary N) is 1. The van der Waals surface area contributed by atoms with Crippen LogP contribution in [0.1, 0.15) is 55.2 Å². The zero-order valence-electron chi connectivity index (χ0n) is 18.4. The summed E-state index contributed by atoms with van der Waals surface area (Å²) in [7, 11) is 3.39. The lowest BCUT2D eigenvalue weighted by Crippen LogP contribution is -2.44. The van der Waals surface area contributed by atoms with Crippen LogP contribution in [0.15, 0.2) is 42.5 Å². The highest BCUT2D eigenvalue weighted by molar-refractivity contribution is 7.80. The third-order valence-electron chi connectivity index (χ3n) is 5.81. The normalized spacial score (nSPS) is 14.6. The Labute approximate surface area is 186 Å². The monoisotopic (exact) mass is 426 g/mol. The van der Waals surface area contributed by atoms with Crippen LogP contribution in [0.2, 0.25) is 0 Å². The summed E-state index contributed by atoms with van der Waals surface area (Å²) in [6, 6.07) is 15.1. The molecule has 3 rings (SSSR count). The highest BCUT2D eigenvalue weighted by Crippen LogP contribution is 2.26. The van der Waals surface area contributed by atoms with E-state index in [1.807, 2.05) is 18.2 Å². The second kappa shape index (κ2) is 11.2. The Hall–Kier alpha value is -2.27. The van der Waals surface area contributed by atoms with Crippen LogP contribution in [0, 0.1) is 6.92 Å². The summed E-state index contributed by atoms with van der Waals surface area (Å²) in [5.74, 6) is 1.67. The van der Waals surface area contributed by atoms with Crippen LogP contribution in [0.4, 0.5) is 0 Å². The molecule has 0 amide bonds. The molecule has 162 valence electrons. The second-order valence-corrected chi connectivity index (χ2v) is 8.54. The van der Waals surface area contributed by atoms with Crippen molar-refractivity contribution in [2.24, 2.45) is 0 Å². The third kappa shape index (κ3) is 6.36. The van der Waals surface area contributed by atoms with Crippen molar-refractivity contribution in [1.29, 1.82) is 0 Å². The van der Waals surface area contributed by atoms with Crippen LogP contribution in [-0.2, 0) is 13.1 Å². The molecule has 30 heavy (non-hydrogen) atoms. The quantitative estimate of drug-likeness (QED) is 0.460. The SMILES string of the molecule is COc1ccc(OC)c(CN(Cc2ccc(C)cc2)C(=S)NC2CCCCCC2)c1. The minimum absolute atomic E-state index is 0.465. The number of aryl methyl sites for hydroxylation is 1. The van der Waals surface area contributed by atoms with Gasteiger partial charge in [0.1, 0.15) is 11.5 Å². The van der Waals surface area contributed by atoms with Crippen molar-refractivity contribution in [3.05, 3.63) is 59.2 Å². The lowest BCUT2D eigenvalue weighted by molar-refractivity contribution is 0.360. The zero-order valence-corrected chi connectivity index (χ0v) is 19.3. The van der Waals surface area contributed by atoms with E-state index in [1.165, 1.54) is 49.7 Å². The number of nitrogens with zero attached hydrogens (tertiary/aromatic N) is 1. The van der Waals surface area contributed by atoms with E-state index in [0.717, 1.165) is 28.7 Å². The zero-order chi connectivity index (χ0) is 21.3. The summed E-state index contributed by atoms with van der Waals surface area (Å²) in [4.78, 5) is 2.24. The van der Waals surface area contributed by atoms with E-state index < -0.39 is 0 Å². The summed E-state index contributed by atoms with van der Waals surface area (Å²) in [5, 5.41) is 4.47. The molecule has 0 unspecified atom stereocenters. The van der Waals surface area contributed by atoms with E-state index in [1.54, 1.807) is 14.2 Å². The molecule has 1 aliphatic carbocycles. The lowest BCUT2D eigenvalue weighted by Gasteiger charge is -2.30. The molecule has 0 radical (unpaired) electrons. The maximum atomic E-state index is 5.91. The van der Waals surface area contributed by atoms with Crippen LogP contribution < -0.4 is 14.8 Å². The number of rotatable bonds is 7. The van der Waals surface area contributed by atoms with Crippen LogP contribution in [0.25, 0.3) is 0 Å². The molecule has 1 aliphatic rings. The molecule has 2 aromatic carbocycles. The molecule has 4 nitrogen and oxygen atoms in total. The number of ether oxygens (including phenoxy) is 2. The van der Waals surface area contributed by atoms with Crippen LogP contribution >= 0.6 is 12.2 Å². The topological polar surface area (TPSA) is 33.7 Å². The van der Waals surface area contributed by atoms with E-state index in [2.05, 4.69) is 41.4 Å². The van der Waals surface area contributed by atoms with Crippen LogP contribution in [0.5, 0.6) is 11.5 Å². The standard InChI is InChI=1S/C25H34N2O2S/c1-19-10-12-20(13-11-19)17-27(25(30)26-22-8-6-4-5-7-9-22)18-21-16-23(28-2)14-15-24(21)29-3/h10-16,22H,4-9,17-18H2,1-3H3,(H,26,30). The fourth-order valence-electron chi connectivity index (χ4n) is 4.01. The van der Waals surface area contributed by atoms with Gasteiger partial charge in [-0.1, -0.05) is 55.5 Å². The number of methoxy groups -OCH3 is 2. The molecule has 0 aliphatic heterocycles. The van der Waals surface area contributed by atoms with Crippen LogP contribution in [0.3, 0.4) is 0 Å². The summed E-state index contributed by atoms with van der Waals surface area (Å²) in [6.07, 6.45) is 7.62. The molecular weight excluding hydrogens is 392 g/mol. The Kier molecular flexibility index (Phi) is 8.38. The van der Waals surface area contributed by atoms with Gasteiger partial charge in [-0.3, -0.25) is 0 Å². The summed E-state index contributed by atoms with van der Waals surface area (Å²) in [6.45, 7) is 3.52. The Balaban J connectivity index is 1.81. The van der Waals surface area contributed by atoms with Gasteiger partial charge in [0.15, 0.2) is 5.11 Å². The first-order chi connectivity index (χ1) is 14.6. The van der Waals surface area contributed by atoms with E-state index in [4.69, 9.17) is 21.7 Å². The molecule has 0 atom stereocenters. The van der Waals surface area contributed by atoms with E-state index in [9.17, 15) is 0 Å². The van der Waals surface area contributed by atoms with Gasteiger partial charge in [-0.25, -0.2) is 0 Å². The van der Waals surface area contributed by atoms with Gasteiger partial charge in [0, 0.05) is 24.7 Å². The van der Waals surface area contributed by atoms with Gasteiger partial charge in [-0.15, -0.1) is 0 Å².